The van der Waals surface area contributed by atoms with E-state index in [1.807, 2.05) is 0 Å². The molecular formula is C16H30N4O. The van der Waals surface area contributed by atoms with Crippen LogP contribution in [0.2, 0.25) is 0 Å². The molecule has 1 aromatic heterocycles. The summed E-state index contributed by atoms with van der Waals surface area (Å²) in [5.74, 6) is 0.993. The number of hydrogen-bond donors (Lipinski definition) is 1. The van der Waals surface area contributed by atoms with Crippen LogP contribution in [-0.4, -0.2) is 53.8 Å². The van der Waals surface area contributed by atoms with E-state index in [-0.39, 0.29) is 0 Å². The number of ether oxygens (including phenoxy) is 1. The van der Waals surface area contributed by atoms with Crippen molar-refractivity contribution in [1.29, 1.82) is 0 Å². The van der Waals surface area contributed by atoms with Crippen LogP contribution in [0.15, 0.2) is 6.20 Å². The molecule has 0 bridgehead atoms. The van der Waals surface area contributed by atoms with Crippen molar-refractivity contribution in [3.8, 4) is 0 Å². The van der Waals surface area contributed by atoms with E-state index >= 15 is 0 Å². The number of methoxy groups -OCH3 is 1. The fourth-order valence-electron chi connectivity index (χ4n) is 3.00. The summed E-state index contributed by atoms with van der Waals surface area (Å²) in [6.45, 7) is 9.57. The van der Waals surface area contributed by atoms with Crippen molar-refractivity contribution in [2.45, 2.75) is 52.1 Å². The summed E-state index contributed by atoms with van der Waals surface area (Å²) < 4.78 is 7.35. The van der Waals surface area contributed by atoms with Crippen LogP contribution >= 0.6 is 0 Å². The second kappa shape index (κ2) is 8.39. The van der Waals surface area contributed by atoms with E-state index in [0.717, 1.165) is 37.8 Å². The molecule has 0 aromatic carbocycles. The van der Waals surface area contributed by atoms with Crippen molar-refractivity contribution >= 4 is 5.95 Å². The number of piperidine rings is 1. The molecule has 1 unspecified atom stereocenters. The lowest BCUT2D eigenvalue weighted by Crippen LogP contribution is -2.39. The Labute approximate surface area is 128 Å². The van der Waals surface area contributed by atoms with Gasteiger partial charge in [0.15, 0.2) is 0 Å². The Morgan fingerprint density at radius 1 is 1.33 bits per heavy atom. The maximum Gasteiger partial charge on any atom is 0.203 e. The van der Waals surface area contributed by atoms with Gasteiger partial charge in [0.25, 0.3) is 0 Å². The smallest absolute Gasteiger partial charge is 0.203 e. The van der Waals surface area contributed by atoms with Crippen molar-refractivity contribution in [1.82, 2.24) is 14.5 Å². The van der Waals surface area contributed by atoms with Gasteiger partial charge in [0.2, 0.25) is 5.95 Å². The Morgan fingerprint density at radius 2 is 2.10 bits per heavy atom. The van der Waals surface area contributed by atoms with Crippen LogP contribution in [0.5, 0.6) is 0 Å². The normalized spacial score (nSPS) is 17.9. The predicted molar refractivity (Wildman–Crippen MR) is 86.8 cm³/mol. The summed E-state index contributed by atoms with van der Waals surface area (Å²) in [4.78, 5) is 7.20. The van der Waals surface area contributed by atoms with Crippen LogP contribution in [0.4, 0.5) is 5.95 Å². The van der Waals surface area contributed by atoms with Crippen LogP contribution in [-0.2, 0) is 11.3 Å². The first kappa shape index (κ1) is 16.3. The van der Waals surface area contributed by atoms with Gasteiger partial charge in [0.1, 0.15) is 0 Å². The third kappa shape index (κ3) is 5.00. The second-order valence-corrected chi connectivity index (χ2v) is 6.08. The lowest BCUT2D eigenvalue weighted by molar-refractivity contribution is 0.160. The highest BCUT2D eigenvalue weighted by Gasteiger charge is 2.18. The number of aryl methyl sites for hydroxylation is 1. The molecule has 0 amide bonds. The van der Waals surface area contributed by atoms with Gasteiger partial charge in [-0.1, -0.05) is 6.42 Å². The first-order valence-corrected chi connectivity index (χ1v) is 8.21. The summed E-state index contributed by atoms with van der Waals surface area (Å²) in [6.07, 6.45) is 7.23. The number of rotatable bonds is 8. The van der Waals surface area contributed by atoms with Crippen molar-refractivity contribution < 1.29 is 4.74 Å². The molecule has 1 atom stereocenters. The van der Waals surface area contributed by atoms with Crippen LogP contribution in [0.25, 0.3) is 0 Å². The average Bonchev–Trinajstić information content (AvgIpc) is 2.84. The van der Waals surface area contributed by atoms with Crippen LogP contribution in [0.3, 0.4) is 0 Å². The zero-order valence-electron chi connectivity index (χ0n) is 13.8. The zero-order chi connectivity index (χ0) is 15.1. The summed E-state index contributed by atoms with van der Waals surface area (Å²) in [5, 5.41) is 3.43. The van der Waals surface area contributed by atoms with E-state index in [0.29, 0.717) is 6.04 Å². The Kier molecular flexibility index (Phi) is 6.51. The molecule has 5 nitrogen and oxygen atoms in total. The molecule has 0 aliphatic carbocycles. The van der Waals surface area contributed by atoms with E-state index in [1.165, 1.54) is 32.4 Å². The van der Waals surface area contributed by atoms with Crippen LogP contribution in [0, 0.1) is 6.92 Å². The van der Waals surface area contributed by atoms with E-state index in [1.54, 1.807) is 7.11 Å². The quantitative estimate of drug-likeness (QED) is 0.748. The SMILES string of the molecule is COCCCNc1nc(C)cn1CC(C)N1CCCCC1. The number of nitrogens with one attached hydrogen (secondary N) is 1. The number of likely N-dealkylation sites (tertiary alicyclic amines) is 1. The van der Waals surface area contributed by atoms with E-state index in [2.05, 4.69) is 39.8 Å². The highest BCUT2D eigenvalue weighted by molar-refractivity contribution is 5.28. The highest BCUT2D eigenvalue weighted by Crippen LogP contribution is 2.16. The number of imidazole rings is 1. The standard InChI is InChI=1S/C16H30N4O/c1-14-12-20(16(18-14)17-8-7-11-21-3)13-15(2)19-9-5-4-6-10-19/h12,15H,4-11,13H2,1-3H3,(H,17,18). The second-order valence-electron chi connectivity index (χ2n) is 6.08. The minimum Gasteiger partial charge on any atom is -0.385 e. The van der Waals surface area contributed by atoms with Crippen molar-refractivity contribution in [3.05, 3.63) is 11.9 Å². The largest absolute Gasteiger partial charge is 0.385 e. The Morgan fingerprint density at radius 3 is 2.81 bits per heavy atom. The fourth-order valence-corrected chi connectivity index (χ4v) is 3.00. The number of aromatic nitrogens is 2. The highest BCUT2D eigenvalue weighted by atomic mass is 16.5. The molecule has 1 aromatic rings. The molecule has 1 saturated heterocycles. The minimum atomic E-state index is 0.568. The monoisotopic (exact) mass is 294 g/mol. The third-order valence-electron chi connectivity index (χ3n) is 4.18. The van der Waals surface area contributed by atoms with Gasteiger partial charge >= 0.3 is 0 Å². The van der Waals surface area contributed by atoms with Gasteiger partial charge in [0.05, 0.1) is 5.69 Å². The molecule has 0 radical (unpaired) electrons. The maximum absolute atomic E-state index is 5.09. The van der Waals surface area contributed by atoms with E-state index in [4.69, 9.17) is 4.74 Å². The number of hydrogen-bond acceptors (Lipinski definition) is 4. The van der Waals surface area contributed by atoms with Crippen LogP contribution in [0.1, 0.15) is 38.3 Å². The molecular weight excluding hydrogens is 264 g/mol. The van der Waals surface area contributed by atoms with Crippen molar-refractivity contribution in [2.24, 2.45) is 0 Å². The Bertz CT molecular complexity index is 412. The maximum atomic E-state index is 5.09. The van der Waals surface area contributed by atoms with E-state index < -0.39 is 0 Å². The average molecular weight is 294 g/mol. The van der Waals surface area contributed by atoms with Gasteiger partial charge in [-0.15, -0.1) is 0 Å². The first-order chi connectivity index (χ1) is 10.2. The lowest BCUT2D eigenvalue weighted by Gasteiger charge is -2.32. The predicted octanol–water partition coefficient (Wildman–Crippen LogP) is 2.51. The first-order valence-electron chi connectivity index (χ1n) is 8.21. The summed E-state index contributed by atoms with van der Waals surface area (Å²) >= 11 is 0. The molecule has 21 heavy (non-hydrogen) atoms. The Hall–Kier alpha value is -1.07. The fraction of sp³-hybridized carbons (Fsp3) is 0.812. The molecule has 5 heteroatoms. The number of nitrogens with zero attached hydrogens (tertiary/aromatic N) is 3. The molecule has 0 spiro atoms. The molecule has 2 rings (SSSR count). The van der Waals surface area contributed by atoms with Gasteiger partial charge in [-0.3, -0.25) is 4.90 Å². The van der Waals surface area contributed by atoms with Gasteiger partial charge in [-0.2, -0.15) is 0 Å². The topological polar surface area (TPSA) is 42.3 Å². The molecule has 0 saturated carbocycles. The third-order valence-corrected chi connectivity index (χ3v) is 4.18. The van der Waals surface area contributed by atoms with Gasteiger partial charge in [0, 0.05) is 39.0 Å². The molecule has 1 aliphatic heterocycles. The zero-order valence-corrected chi connectivity index (χ0v) is 13.8. The van der Waals surface area contributed by atoms with Gasteiger partial charge in [-0.25, -0.2) is 4.98 Å². The van der Waals surface area contributed by atoms with Crippen molar-refractivity contribution in [2.75, 3.05) is 38.7 Å². The minimum absolute atomic E-state index is 0.568. The molecule has 1 fully saturated rings. The van der Waals surface area contributed by atoms with Crippen LogP contribution < -0.4 is 5.32 Å². The molecule has 1 N–H and O–H groups in total. The summed E-state index contributed by atoms with van der Waals surface area (Å²) in [5.41, 5.74) is 1.08. The summed E-state index contributed by atoms with van der Waals surface area (Å²) in [7, 11) is 1.74. The number of anilines is 1. The van der Waals surface area contributed by atoms with E-state index in [9.17, 15) is 0 Å². The Balaban J connectivity index is 1.88. The van der Waals surface area contributed by atoms with Crippen molar-refractivity contribution in [3.63, 3.8) is 0 Å². The molecule has 2 heterocycles. The molecule has 120 valence electrons. The molecule has 1 aliphatic rings. The van der Waals surface area contributed by atoms with Gasteiger partial charge in [-0.05, 0) is 46.2 Å². The van der Waals surface area contributed by atoms with Gasteiger partial charge < -0.3 is 14.6 Å². The summed E-state index contributed by atoms with van der Waals surface area (Å²) in [6, 6.07) is 0.568. The lowest BCUT2D eigenvalue weighted by atomic mass is 10.1.